The van der Waals surface area contributed by atoms with E-state index < -0.39 is 0 Å². The van der Waals surface area contributed by atoms with Gasteiger partial charge < -0.3 is 14.8 Å². The maximum Gasteiger partial charge on any atom is 0.118 e. The maximum absolute atomic E-state index is 5.69. The lowest BCUT2D eigenvalue weighted by atomic mass is 9.98. The molecule has 21 heavy (non-hydrogen) atoms. The van der Waals surface area contributed by atoms with E-state index in [1.807, 2.05) is 19.2 Å². The summed E-state index contributed by atoms with van der Waals surface area (Å²) in [6.45, 7) is 5.47. The lowest BCUT2D eigenvalue weighted by molar-refractivity contribution is 0.0582. The quantitative estimate of drug-likeness (QED) is 0.673. The second-order valence-electron chi connectivity index (χ2n) is 5.51. The van der Waals surface area contributed by atoms with Gasteiger partial charge >= 0.3 is 0 Å². The van der Waals surface area contributed by atoms with Crippen LogP contribution in [0.5, 0.6) is 5.75 Å². The minimum absolute atomic E-state index is 0.305. The first-order valence-corrected chi connectivity index (χ1v) is 8.14. The molecule has 1 rings (SSSR count). The first kappa shape index (κ1) is 18.0. The molecule has 0 radical (unpaired) electrons. The Balaban J connectivity index is 2.57. The van der Waals surface area contributed by atoms with E-state index in [1.54, 1.807) is 7.11 Å². The van der Waals surface area contributed by atoms with Crippen molar-refractivity contribution in [1.29, 1.82) is 0 Å². The monoisotopic (exact) mass is 293 g/mol. The van der Waals surface area contributed by atoms with Gasteiger partial charge in [0.2, 0.25) is 0 Å². The molecule has 0 amide bonds. The van der Waals surface area contributed by atoms with E-state index in [-0.39, 0.29) is 0 Å². The Morgan fingerprint density at radius 2 is 1.71 bits per heavy atom. The van der Waals surface area contributed by atoms with E-state index >= 15 is 0 Å². The van der Waals surface area contributed by atoms with Gasteiger partial charge in [0.25, 0.3) is 0 Å². The van der Waals surface area contributed by atoms with Crippen LogP contribution in [-0.4, -0.2) is 32.9 Å². The largest absolute Gasteiger partial charge is 0.497 e. The molecule has 0 spiro atoms. The average Bonchev–Trinajstić information content (AvgIpc) is 2.53. The summed E-state index contributed by atoms with van der Waals surface area (Å²) in [4.78, 5) is 0. The third-order valence-corrected chi connectivity index (χ3v) is 3.88. The van der Waals surface area contributed by atoms with E-state index in [1.165, 1.54) is 5.56 Å². The number of nitrogens with one attached hydrogen (secondary N) is 1. The minimum Gasteiger partial charge on any atom is -0.497 e. The molecular formula is C18H31NO2. The second kappa shape index (κ2) is 10.6. The van der Waals surface area contributed by atoms with Gasteiger partial charge in [-0.25, -0.2) is 0 Å². The summed E-state index contributed by atoms with van der Waals surface area (Å²) >= 11 is 0. The third kappa shape index (κ3) is 6.49. The summed E-state index contributed by atoms with van der Waals surface area (Å²) in [5.74, 6) is 0.917. The van der Waals surface area contributed by atoms with E-state index in [4.69, 9.17) is 9.47 Å². The van der Waals surface area contributed by atoms with Crippen molar-refractivity contribution < 1.29 is 9.47 Å². The molecule has 0 aromatic heterocycles. The molecule has 2 unspecified atom stereocenters. The maximum atomic E-state index is 5.69. The Labute approximate surface area is 130 Å². The van der Waals surface area contributed by atoms with Crippen LogP contribution in [0.4, 0.5) is 0 Å². The predicted molar refractivity (Wildman–Crippen MR) is 89.1 cm³/mol. The fourth-order valence-corrected chi connectivity index (χ4v) is 2.63. The van der Waals surface area contributed by atoms with Crippen molar-refractivity contribution in [2.45, 2.75) is 58.1 Å². The zero-order valence-corrected chi connectivity index (χ0v) is 14.0. The van der Waals surface area contributed by atoms with Crippen LogP contribution in [0.3, 0.4) is 0 Å². The number of rotatable bonds is 11. The Bertz CT molecular complexity index is 364. The van der Waals surface area contributed by atoms with Gasteiger partial charge in [-0.15, -0.1) is 0 Å². The number of benzene rings is 1. The van der Waals surface area contributed by atoms with E-state index in [2.05, 4.69) is 31.3 Å². The van der Waals surface area contributed by atoms with Crippen molar-refractivity contribution in [3.8, 4) is 5.75 Å². The highest BCUT2D eigenvalue weighted by Crippen LogP contribution is 2.16. The number of hydrogen-bond acceptors (Lipinski definition) is 3. The molecule has 0 saturated heterocycles. The average molecular weight is 293 g/mol. The molecule has 3 heteroatoms. The number of aryl methyl sites for hydroxylation is 1. The third-order valence-electron chi connectivity index (χ3n) is 3.88. The predicted octanol–water partition coefficient (Wildman–Crippen LogP) is 3.81. The van der Waals surface area contributed by atoms with Crippen LogP contribution in [-0.2, 0) is 11.2 Å². The van der Waals surface area contributed by atoms with E-state index in [0.717, 1.165) is 44.4 Å². The van der Waals surface area contributed by atoms with Gasteiger partial charge in [0.1, 0.15) is 5.75 Å². The molecule has 3 nitrogen and oxygen atoms in total. The zero-order valence-electron chi connectivity index (χ0n) is 14.0. The van der Waals surface area contributed by atoms with Crippen molar-refractivity contribution in [2.75, 3.05) is 20.8 Å². The molecular weight excluding hydrogens is 262 g/mol. The van der Waals surface area contributed by atoms with Crippen LogP contribution in [0.2, 0.25) is 0 Å². The van der Waals surface area contributed by atoms with Gasteiger partial charge in [0.15, 0.2) is 0 Å². The molecule has 2 atom stereocenters. The molecule has 120 valence electrons. The van der Waals surface area contributed by atoms with Gasteiger partial charge in [-0.3, -0.25) is 0 Å². The van der Waals surface area contributed by atoms with Gasteiger partial charge in [0.05, 0.1) is 13.2 Å². The molecule has 0 aliphatic heterocycles. The summed E-state index contributed by atoms with van der Waals surface area (Å²) in [6, 6.07) is 8.79. The van der Waals surface area contributed by atoms with Gasteiger partial charge in [-0.05, 0) is 49.9 Å². The molecule has 0 bridgehead atoms. The summed E-state index contributed by atoms with van der Waals surface area (Å²) in [5, 5.41) is 3.65. The van der Waals surface area contributed by atoms with Gasteiger partial charge in [0, 0.05) is 13.2 Å². The molecule has 1 N–H and O–H groups in total. The normalized spacial score (nSPS) is 13.9. The van der Waals surface area contributed by atoms with Crippen LogP contribution < -0.4 is 10.1 Å². The molecule has 0 aliphatic carbocycles. The highest BCUT2D eigenvalue weighted by atomic mass is 16.5. The molecule has 0 aliphatic rings. The number of methoxy groups -OCH3 is 2. The van der Waals surface area contributed by atoms with Crippen molar-refractivity contribution in [1.82, 2.24) is 5.32 Å². The Morgan fingerprint density at radius 3 is 2.24 bits per heavy atom. The summed E-state index contributed by atoms with van der Waals surface area (Å²) in [7, 11) is 3.53. The van der Waals surface area contributed by atoms with Crippen molar-refractivity contribution in [3.63, 3.8) is 0 Å². The van der Waals surface area contributed by atoms with Crippen LogP contribution in [0.15, 0.2) is 24.3 Å². The number of ether oxygens (including phenoxy) is 2. The van der Waals surface area contributed by atoms with Crippen molar-refractivity contribution >= 4 is 0 Å². The Hall–Kier alpha value is -1.06. The SMILES string of the molecule is CCCNC(CCc1ccc(OC)cc1)C(CCC)OC. The lowest BCUT2D eigenvalue weighted by Gasteiger charge is -2.27. The highest BCUT2D eigenvalue weighted by molar-refractivity contribution is 5.27. The first-order valence-electron chi connectivity index (χ1n) is 8.14. The van der Waals surface area contributed by atoms with Crippen LogP contribution >= 0.6 is 0 Å². The van der Waals surface area contributed by atoms with E-state index in [9.17, 15) is 0 Å². The van der Waals surface area contributed by atoms with Gasteiger partial charge in [-0.2, -0.15) is 0 Å². The highest BCUT2D eigenvalue weighted by Gasteiger charge is 2.19. The first-order chi connectivity index (χ1) is 10.2. The van der Waals surface area contributed by atoms with Crippen molar-refractivity contribution in [3.05, 3.63) is 29.8 Å². The van der Waals surface area contributed by atoms with Crippen molar-refractivity contribution in [2.24, 2.45) is 0 Å². The van der Waals surface area contributed by atoms with Gasteiger partial charge in [-0.1, -0.05) is 32.4 Å². The topological polar surface area (TPSA) is 30.5 Å². The Morgan fingerprint density at radius 1 is 1.00 bits per heavy atom. The molecule has 1 aromatic carbocycles. The fourth-order valence-electron chi connectivity index (χ4n) is 2.63. The standard InChI is InChI=1S/C18H31NO2/c1-5-7-18(21-4)17(19-14-6-2)13-10-15-8-11-16(20-3)12-9-15/h8-9,11-12,17-19H,5-7,10,13-14H2,1-4H3. The fraction of sp³-hybridized carbons (Fsp3) is 0.667. The summed E-state index contributed by atoms with van der Waals surface area (Å²) in [5.41, 5.74) is 1.35. The minimum atomic E-state index is 0.305. The van der Waals surface area contributed by atoms with E-state index in [0.29, 0.717) is 12.1 Å². The number of hydrogen-bond donors (Lipinski definition) is 1. The summed E-state index contributed by atoms with van der Waals surface area (Å²) < 4.78 is 10.9. The molecule has 0 heterocycles. The van der Waals surface area contributed by atoms with Crippen LogP contribution in [0.25, 0.3) is 0 Å². The zero-order chi connectivity index (χ0) is 15.5. The molecule has 1 aromatic rings. The second-order valence-corrected chi connectivity index (χ2v) is 5.51. The van der Waals surface area contributed by atoms with Crippen LogP contribution in [0.1, 0.15) is 45.1 Å². The summed E-state index contributed by atoms with van der Waals surface area (Å²) in [6.07, 6.45) is 5.90. The van der Waals surface area contributed by atoms with Crippen LogP contribution in [0, 0.1) is 0 Å². The smallest absolute Gasteiger partial charge is 0.118 e. The molecule has 0 fully saturated rings. The molecule has 0 saturated carbocycles. The lowest BCUT2D eigenvalue weighted by Crippen LogP contribution is -2.41. The Kier molecular flexibility index (Phi) is 9.11.